The number of fused-ring (bicyclic) bond motifs is 3. The summed E-state index contributed by atoms with van der Waals surface area (Å²) in [6.45, 7) is 17.9. The van der Waals surface area contributed by atoms with Crippen LogP contribution in [0.25, 0.3) is 0 Å². The summed E-state index contributed by atoms with van der Waals surface area (Å²) in [6, 6.07) is -1.22. The number of hydrogen-bond acceptors (Lipinski definition) is 17. The highest BCUT2D eigenvalue weighted by Crippen LogP contribution is 2.39. The molecule has 18 heteroatoms. The standard InChI is InChI=1S/C60H91NO17/c1-35(2)56(68)75-34-59(10,33-62)58(70)77-47-25-23-43(30-50(47)73-12)29-39(6)49-32-46(63)38(5)28-41(8)52(65)53(74-13)51(64)40(7)27-36(3)19-15-14-16-20-37(4)48(72-11)31-44-24-22-42(9)60(71,78-44)54(66)55(67)61-26-18-17-21-45(61)57(69)76-49/h14-16,19-20,28,36,39-45,47-50,52-53,62,65,71H,1,17-18,21-27,29-34H2,2-13H3/b16-14?,19-15?,37-20?,38-28-. The molecular weight excluding hydrogens is 1010 g/mol. The van der Waals surface area contributed by atoms with Crippen molar-refractivity contribution in [2.24, 2.45) is 40.9 Å². The van der Waals surface area contributed by atoms with Crippen molar-refractivity contribution in [2.75, 3.05) is 41.1 Å². The summed E-state index contributed by atoms with van der Waals surface area (Å²) in [5, 5.41) is 33.8. The summed E-state index contributed by atoms with van der Waals surface area (Å²) in [6.07, 6.45) is 9.37. The molecule has 3 heterocycles. The fourth-order valence-electron chi connectivity index (χ4n) is 11.1. The number of aliphatic hydroxyl groups is 3. The van der Waals surface area contributed by atoms with Crippen molar-refractivity contribution in [3.8, 4) is 0 Å². The maximum absolute atomic E-state index is 14.6. The van der Waals surface area contributed by atoms with Crippen molar-refractivity contribution in [2.45, 2.75) is 194 Å². The number of carbonyl (C=O) groups is 7. The van der Waals surface area contributed by atoms with E-state index in [1.807, 2.05) is 51.2 Å². The number of amides is 1. The van der Waals surface area contributed by atoms with Crippen molar-refractivity contribution in [3.63, 3.8) is 0 Å². The first-order valence-electron chi connectivity index (χ1n) is 27.9. The molecule has 2 saturated heterocycles. The summed E-state index contributed by atoms with van der Waals surface area (Å²) < 4.78 is 40.9. The highest BCUT2D eigenvalue weighted by Gasteiger charge is 2.53. The minimum absolute atomic E-state index is 0.0132. The molecule has 3 aliphatic heterocycles. The van der Waals surface area contributed by atoms with Gasteiger partial charge in [0.05, 0.1) is 31.0 Å². The number of piperidine rings is 1. The molecule has 0 radical (unpaired) electrons. The van der Waals surface area contributed by atoms with Crippen molar-refractivity contribution >= 4 is 41.2 Å². The Balaban J connectivity index is 1.67. The first-order valence-corrected chi connectivity index (χ1v) is 27.9. The zero-order chi connectivity index (χ0) is 58.2. The van der Waals surface area contributed by atoms with Crippen LogP contribution in [0.5, 0.6) is 0 Å². The number of allylic oxidation sites excluding steroid dienone is 6. The van der Waals surface area contributed by atoms with Crippen LogP contribution in [0.3, 0.4) is 0 Å². The second-order valence-electron chi connectivity index (χ2n) is 23.1. The Labute approximate surface area is 462 Å². The number of aliphatic hydroxyl groups excluding tert-OH is 2. The van der Waals surface area contributed by atoms with Gasteiger partial charge in [0.15, 0.2) is 11.6 Å². The molecule has 2 bridgehead atoms. The van der Waals surface area contributed by atoms with E-state index in [0.29, 0.717) is 57.8 Å². The molecular formula is C60H91NO17. The second kappa shape index (κ2) is 30.2. The zero-order valence-corrected chi connectivity index (χ0v) is 48.4. The molecule has 0 aromatic heterocycles. The lowest BCUT2D eigenvalue weighted by Gasteiger charge is -2.42. The number of ether oxygens (including phenoxy) is 7. The minimum atomic E-state index is -2.48. The van der Waals surface area contributed by atoms with Crippen LogP contribution in [-0.4, -0.2) is 157 Å². The van der Waals surface area contributed by atoms with Gasteiger partial charge in [-0.3, -0.25) is 24.0 Å². The van der Waals surface area contributed by atoms with Crippen molar-refractivity contribution in [3.05, 3.63) is 59.8 Å². The number of esters is 3. The highest BCUT2D eigenvalue weighted by atomic mass is 16.6. The summed E-state index contributed by atoms with van der Waals surface area (Å²) in [5.74, 6) is -10.2. The van der Waals surface area contributed by atoms with Gasteiger partial charge in [-0.1, -0.05) is 77.7 Å². The van der Waals surface area contributed by atoms with Gasteiger partial charge in [0.2, 0.25) is 5.79 Å². The molecule has 438 valence electrons. The summed E-state index contributed by atoms with van der Waals surface area (Å²) in [4.78, 5) is 98.3. The van der Waals surface area contributed by atoms with Gasteiger partial charge in [0, 0.05) is 64.0 Å². The topological polar surface area (TPSA) is 248 Å². The smallest absolute Gasteiger partial charge is 0.333 e. The number of methoxy groups -OCH3 is 3. The lowest BCUT2D eigenvalue weighted by Crippen LogP contribution is -2.61. The van der Waals surface area contributed by atoms with E-state index < -0.39 is 132 Å². The maximum Gasteiger partial charge on any atom is 0.333 e. The molecule has 16 atom stereocenters. The molecule has 18 nitrogen and oxygen atoms in total. The molecule has 3 fully saturated rings. The van der Waals surface area contributed by atoms with E-state index in [2.05, 4.69) is 6.58 Å². The number of ketones is 3. The Kier molecular flexibility index (Phi) is 25.5. The van der Waals surface area contributed by atoms with Gasteiger partial charge in [-0.25, -0.2) is 9.59 Å². The van der Waals surface area contributed by atoms with E-state index in [4.69, 9.17) is 33.2 Å². The SMILES string of the molecule is C=C(C)C(=O)OCC(C)(CO)C(=O)OC1CCC(CC(C)C2CC(=O)/C(C)=C\C(C)C(O)C(OC)C(=O)C(C)CC(C)C=CC=CC=C(C)C(OC)CC3CCC(C)C(O)(O3)C(=O)C(=O)N3CCCCC3C(=O)O2)CC1OC. The minimum Gasteiger partial charge on any atom is -0.461 e. The molecule has 1 saturated carbocycles. The van der Waals surface area contributed by atoms with Crippen LogP contribution < -0.4 is 0 Å². The van der Waals surface area contributed by atoms with E-state index in [0.717, 1.165) is 10.5 Å². The number of hydrogen-bond donors (Lipinski definition) is 3. The molecule has 0 aromatic rings. The Morgan fingerprint density at radius 1 is 0.910 bits per heavy atom. The number of carbonyl (C=O) groups excluding carboxylic acids is 7. The summed E-state index contributed by atoms with van der Waals surface area (Å²) in [5.41, 5.74) is -0.312. The Morgan fingerprint density at radius 3 is 2.26 bits per heavy atom. The van der Waals surface area contributed by atoms with Gasteiger partial charge in [0.1, 0.15) is 36.4 Å². The quantitative estimate of drug-likeness (QED) is 0.0782. The third-order valence-electron chi connectivity index (χ3n) is 16.4. The predicted octanol–water partition coefficient (Wildman–Crippen LogP) is 6.85. The molecule has 78 heavy (non-hydrogen) atoms. The lowest BCUT2D eigenvalue weighted by molar-refractivity contribution is -0.265. The van der Waals surface area contributed by atoms with E-state index in [1.165, 1.54) is 28.1 Å². The van der Waals surface area contributed by atoms with Gasteiger partial charge in [-0.05, 0) is 121 Å². The Hall–Kier alpha value is -4.69. The molecule has 16 unspecified atom stereocenters. The van der Waals surface area contributed by atoms with Crippen LogP contribution in [0.1, 0.15) is 139 Å². The molecule has 1 amide bonds. The zero-order valence-electron chi connectivity index (χ0n) is 48.4. The fourth-order valence-corrected chi connectivity index (χ4v) is 11.1. The molecule has 4 aliphatic rings. The molecule has 0 aromatic carbocycles. The molecule has 3 N–H and O–H groups in total. The molecule has 1 aliphatic carbocycles. The van der Waals surface area contributed by atoms with E-state index >= 15 is 0 Å². The van der Waals surface area contributed by atoms with Crippen molar-refractivity contribution in [1.29, 1.82) is 0 Å². The van der Waals surface area contributed by atoms with Crippen LogP contribution in [0.15, 0.2) is 59.8 Å². The van der Waals surface area contributed by atoms with Gasteiger partial charge in [-0.2, -0.15) is 0 Å². The average molecular weight is 1100 g/mol. The third-order valence-corrected chi connectivity index (χ3v) is 16.4. The van der Waals surface area contributed by atoms with Gasteiger partial charge in [-0.15, -0.1) is 0 Å². The van der Waals surface area contributed by atoms with Crippen LogP contribution in [-0.2, 0) is 66.7 Å². The normalized spacial score (nSPS) is 34.8. The first kappa shape index (κ1) is 65.8. The summed E-state index contributed by atoms with van der Waals surface area (Å²) in [7, 11) is 4.42. The molecule has 0 spiro atoms. The molecule has 4 rings (SSSR count). The number of cyclic esters (lactones) is 1. The summed E-state index contributed by atoms with van der Waals surface area (Å²) >= 11 is 0. The van der Waals surface area contributed by atoms with Crippen molar-refractivity contribution in [1.82, 2.24) is 4.90 Å². The largest absolute Gasteiger partial charge is 0.461 e. The second-order valence-corrected chi connectivity index (χ2v) is 23.1. The predicted molar refractivity (Wildman–Crippen MR) is 290 cm³/mol. The van der Waals surface area contributed by atoms with Gasteiger partial charge >= 0.3 is 17.9 Å². The number of Topliss-reactive ketones (excluding diaryl/α,β-unsaturated/α-hetero) is 3. The Morgan fingerprint density at radius 2 is 1.62 bits per heavy atom. The number of nitrogens with zero attached hydrogens (tertiary/aromatic N) is 1. The van der Waals surface area contributed by atoms with Crippen molar-refractivity contribution < 1.29 is 82.0 Å². The van der Waals surface area contributed by atoms with Gasteiger partial charge < -0.3 is 53.4 Å². The van der Waals surface area contributed by atoms with E-state index in [-0.39, 0.29) is 54.6 Å². The fraction of sp³-hybridized carbons (Fsp3) is 0.717. The van der Waals surface area contributed by atoms with Gasteiger partial charge in [0.25, 0.3) is 11.7 Å². The average Bonchev–Trinajstić information content (AvgIpc) is 3.48. The van der Waals surface area contributed by atoms with E-state index in [1.54, 1.807) is 40.9 Å². The highest BCUT2D eigenvalue weighted by molar-refractivity contribution is 6.39. The Bertz CT molecular complexity index is 2240. The van der Waals surface area contributed by atoms with Crippen LogP contribution in [0.4, 0.5) is 0 Å². The number of rotatable bonds is 12. The van der Waals surface area contributed by atoms with Crippen LogP contribution in [0, 0.1) is 40.9 Å². The maximum atomic E-state index is 14.6. The third kappa shape index (κ3) is 17.4. The lowest BCUT2D eigenvalue weighted by atomic mass is 9.78. The van der Waals surface area contributed by atoms with E-state index in [9.17, 15) is 48.9 Å². The first-order chi connectivity index (χ1) is 36.7. The van der Waals surface area contributed by atoms with Crippen LogP contribution >= 0.6 is 0 Å². The monoisotopic (exact) mass is 1100 g/mol. The van der Waals surface area contributed by atoms with Crippen LogP contribution in [0.2, 0.25) is 0 Å².